The molecule has 0 spiro atoms. The molecule has 0 saturated carbocycles. The molecule has 0 N–H and O–H groups in total. The number of hydrogen-bond acceptors (Lipinski definition) is 3. The summed E-state index contributed by atoms with van der Waals surface area (Å²) in [4.78, 5) is 10.5. The van der Waals surface area contributed by atoms with E-state index in [2.05, 4.69) is 31.9 Å². The van der Waals surface area contributed by atoms with Crippen LogP contribution in [0, 0.1) is 10.1 Å². The third-order valence-electron chi connectivity index (χ3n) is 2.03. The lowest BCUT2D eigenvalue weighted by Gasteiger charge is -2.09. The zero-order valence-corrected chi connectivity index (χ0v) is 11.8. The van der Waals surface area contributed by atoms with Gasteiger partial charge in [0.2, 0.25) is 0 Å². The van der Waals surface area contributed by atoms with Crippen molar-refractivity contribution in [3.8, 4) is 0 Å². The number of alkyl halides is 1. The summed E-state index contributed by atoms with van der Waals surface area (Å²) in [6.07, 6.45) is 0.559. The molecule has 0 saturated heterocycles. The molecule has 0 radical (unpaired) electrons. The van der Waals surface area contributed by atoms with Gasteiger partial charge < -0.3 is 4.74 Å². The van der Waals surface area contributed by atoms with Crippen molar-refractivity contribution >= 4 is 37.5 Å². The minimum absolute atomic E-state index is 0.0745. The van der Waals surface area contributed by atoms with Crippen molar-refractivity contribution < 1.29 is 9.66 Å². The molecule has 6 heteroatoms. The Morgan fingerprint density at radius 3 is 2.81 bits per heavy atom. The fraction of sp³-hybridized carbons (Fsp3) is 0.400. The third kappa shape index (κ3) is 3.84. The molecule has 0 aliphatic heterocycles. The largest absolute Gasteiger partial charge is 0.384 e. The van der Waals surface area contributed by atoms with E-state index in [-0.39, 0.29) is 15.4 Å². The van der Waals surface area contributed by atoms with E-state index in [0.717, 1.165) is 4.47 Å². The van der Waals surface area contributed by atoms with Gasteiger partial charge in [-0.25, -0.2) is 0 Å². The highest BCUT2D eigenvalue weighted by atomic mass is 79.9. The Bertz CT molecular complexity index is 384. The normalized spacial score (nSPS) is 12.4. The molecule has 0 aromatic heterocycles. The molecule has 0 bridgehead atoms. The summed E-state index contributed by atoms with van der Waals surface area (Å²) < 4.78 is 5.82. The number of nitro groups is 1. The molecule has 1 aromatic carbocycles. The Kier molecular flexibility index (Phi) is 5.37. The number of rotatable bonds is 5. The quantitative estimate of drug-likeness (QED) is 0.464. The summed E-state index contributed by atoms with van der Waals surface area (Å²) >= 11 is 6.72. The predicted molar refractivity (Wildman–Crippen MR) is 69.1 cm³/mol. The Hall–Kier alpha value is -0.460. The Balaban J connectivity index is 2.92. The first-order valence-electron chi connectivity index (χ1n) is 4.60. The average molecular weight is 353 g/mol. The van der Waals surface area contributed by atoms with Crippen LogP contribution < -0.4 is 0 Å². The molecule has 4 nitrogen and oxygen atoms in total. The summed E-state index contributed by atoms with van der Waals surface area (Å²) in [6.45, 7) is 0.518. The highest BCUT2D eigenvalue weighted by Crippen LogP contribution is 2.25. The number of ether oxygens (including phenoxy) is 1. The van der Waals surface area contributed by atoms with Crippen LogP contribution in [-0.2, 0) is 11.2 Å². The fourth-order valence-corrected chi connectivity index (χ4v) is 2.40. The zero-order chi connectivity index (χ0) is 12.1. The van der Waals surface area contributed by atoms with E-state index < -0.39 is 0 Å². The van der Waals surface area contributed by atoms with E-state index in [9.17, 15) is 10.1 Å². The van der Waals surface area contributed by atoms with Gasteiger partial charge in [0.1, 0.15) is 0 Å². The zero-order valence-electron chi connectivity index (χ0n) is 8.65. The maximum Gasteiger partial charge on any atom is 0.272 e. The minimum Gasteiger partial charge on any atom is -0.384 e. The van der Waals surface area contributed by atoms with Gasteiger partial charge in [0.15, 0.2) is 0 Å². The minimum atomic E-state index is -0.367. The van der Waals surface area contributed by atoms with E-state index in [0.29, 0.717) is 18.6 Å². The summed E-state index contributed by atoms with van der Waals surface area (Å²) in [6, 6.07) is 4.94. The lowest BCUT2D eigenvalue weighted by molar-refractivity contribution is -0.385. The van der Waals surface area contributed by atoms with Gasteiger partial charge in [-0.05, 0) is 18.6 Å². The Morgan fingerprint density at radius 1 is 1.56 bits per heavy atom. The van der Waals surface area contributed by atoms with Crippen LogP contribution in [0.2, 0.25) is 0 Å². The smallest absolute Gasteiger partial charge is 0.272 e. The molecule has 1 unspecified atom stereocenters. The van der Waals surface area contributed by atoms with Gasteiger partial charge in [0, 0.05) is 28.0 Å². The molecular weight excluding hydrogens is 342 g/mol. The van der Waals surface area contributed by atoms with Gasteiger partial charge in [0.05, 0.1) is 11.5 Å². The maximum atomic E-state index is 10.8. The second kappa shape index (κ2) is 6.32. The third-order valence-corrected chi connectivity index (χ3v) is 3.11. The van der Waals surface area contributed by atoms with Crippen LogP contribution in [0.4, 0.5) is 5.69 Å². The molecule has 0 amide bonds. The molecule has 0 aliphatic carbocycles. The van der Waals surface area contributed by atoms with Crippen LogP contribution in [0.15, 0.2) is 22.7 Å². The SMILES string of the molecule is COCC(Br)Cc1cc(Br)ccc1[N+](=O)[O-]. The lowest BCUT2D eigenvalue weighted by Crippen LogP contribution is -2.11. The van der Waals surface area contributed by atoms with Crippen molar-refractivity contribution in [1.82, 2.24) is 0 Å². The second-order valence-corrected chi connectivity index (χ2v) is 5.50. The molecule has 1 atom stereocenters. The van der Waals surface area contributed by atoms with Crippen molar-refractivity contribution in [2.75, 3.05) is 13.7 Å². The highest BCUT2D eigenvalue weighted by molar-refractivity contribution is 9.10. The number of halogens is 2. The van der Waals surface area contributed by atoms with E-state index in [1.54, 1.807) is 19.2 Å². The Labute approximate surface area is 110 Å². The standard InChI is InChI=1S/C10H11Br2NO3/c1-16-6-9(12)5-7-4-8(11)2-3-10(7)13(14)15/h2-4,9H,5-6H2,1H3. The van der Waals surface area contributed by atoms with Crippen molar-refractivity contribution in [1.29, 1.82) is 0 Å². The van der Waals surface area contributed by atoms with Crippen molar-refractivity contribution in [3.05, 3.63) is 38.3 Å². The summed E-state index contributed by atoms with van der Waals surface area (Å²) in [7, 11) is 1.60. The van der Waals surface area contributed by atoms with Crippen LogP contribution in [0.3, 0.4) is 0 Å². The molecule has 16 heavy (non-hydrogen) atoms. The topological polar surface area (TPSA) is 52.4 Å². The summed E-state index contributed by atoms with van der Waals surface area (Å²) in [5.74, 6) is 0. The fourth-order valence-electron chi connectivity index (χ4n) is 1.37. The summed E-state index contributed by atoms with van der Waals surface area (Å²) in [5, 5.41) is 10.8. The van der Waals surface area contributed by atoms with E-state index >= 15 is 0 Å². The highest BCUT2D eigenvalue weighted by Gasteiger charge is 2.16. The number of methoxy groups -OCH3 is 1. The average Bonchev–Trinajstić information content (AvgIpc) is 2.17. The van der Waals surface area contributed by atoms with Gasteiger partial charge in [-0.3, -0.25) is 10.1 Å². The molecule has 1 rings (SSSR count). The summed E-state index contributed by atoms with van der Waals surface area (Å²) in [5.41, 5.74) is 0.835. The van der Waals surface area contributed by atoms with Crippen molar-refractivity contribution in [2.45, 2.75) is 11.2 Å². The second-order valence-electron chi connectivity index (χ2n) is 3.29. The first-order chi connectivity index (χ1) is 7.54. The molecule has 0 fully saturated rings. The monoisotopic (exact) mass is 351 g/mol. The van der Waals surface area contributed by atoms with E-state index in [1.807, 2.05) is 0 Å². The van der Waals surface area contributed by atoms with Crippen molar-refractivity contribution in [3.63, 3.8) is 0 Å². The number of nitro benzene ring substituents is 1. The molecule has 0 aliphatic rings. The first kappa shape index (κ1) is 13.6. The van der Waals surface area contributed by atoms with Crippen LogP contribution in [0.1, 0.15) is 5.56 Å². The number of hydrogen-bond donors (Lipinski definition) is 0. The van der Waals surface area contributed by atoms with Crippen molar-refractivity contribution in [2.24, 2.45) is 0 Å². The van der Waals surface area contributed by atoms with Gasteiger partial charge in [-0.1, -0.05) is 31.9 Å². The first-order valence-corrected chi connectivity index (χ1v) is 6.31. The van der Waals surface area contributed by atoms with Crippen LogP contribution in [0.25, 0.3) is 0 Å². The lowest BCUT2D eigenvalue weighted by atomic mass is 10.1. The number of nitrogens with zero attached hydrogens (tertiary/aromatic N) is 1. The Morgan fingerprint density at radius 2 is 2.25 bits per heavy atom. The molecule has 0 heterocycles. The van der Waals surface area contributed by atoms with Gasteiger partial charge in [0.25, 0.3) is 5.69 Å². The van der Waals surface area contributed by atoms with Gasteiger partial charge in [-0.2, -0.15) is 0 Å². The molecule has 1 aromatic rings. The van der Waals surface area contributed by atoms with E-state index in [1.165, 1.54) is 6.07 Å². The predicted octanol–water partition coefficient (Wildman–Crippen LogP) is 3.31. The van der Waals surface area contributed by atoms with Gasteiger partial charge >= 0.3 is 0 Å². The molecule has 88 valence electrons. The van der Waals surface area contributed by atoms with Crippen LogP contribution in [-0.4, -0.2) is 23.5 Å². The number of benzene rings is 1. The molecular formula is C10H11Br2NO3. The van der Waals surface area contributed by atoms with Gasteiger partial charge in [-0.15, -0.1) is 0 Å². The van der Waals surface area contributed by atoms with Crippen LogP contribution in [0.5, 0.6) is 0 Å². The van der Waals surface area contributed by atoms with E-state index in [4.69, 9.17) is 4.74 Å². The van der Waals surface area contributed by atoms with Crippen LogP contribution >= 0.6 is 31.9 Å². The maximum absolute atomic E-state index is 10.8.